The monoisotopic (exact) mass is 323 g/mol. The number of fused-ring (bicyclic) bond motifs is 1. The van der Waals surface area contributed by atoms with Crippen molar-refractivity contribution in [3.05, 3.63) is 59.2 Å². The van der Waals surface area contributed by atoms with Crippen LogP contribution in [-0.4, -0.2) is 15.5 Å². The van der Waals surface area contributed by atoms with Gasteiger partial charge in [-0.1, -0.05) is 12.1 Å². The van der Waals surface area contributed by atoms with Gasteiger partial charge >= 0.3 is 6.18 Å². The van der Waals surface area contributed by atoms with E-state index in [0.29, 0.717) is 10.6 Å². The molecule has 0 saturated heterocycles. The van der Waals surface area contributed by atoms with Crippen LogP contribution in [0.1, 0.15) is 21.5 Å². The van der Waals surface area contributed by atoms with Gasteiger partial charge < -0.3 is 0 Å². The largest absolute Gasteiger partial charge is 0.416 e. The van der Waals surface area contributed by atoms with Gasteiger partial charge in [0.2, 0.25) is 0 Å². The summed E-state index contributed by atoms with van der Waals surface area (Å²) in [5.41, 5.74) is 1.39. The highest BCUT2D eigenvalue weighted by Crippen LogP contribution is 2.31. The summed E-state index contributed by atoms with van der Waals surface area (Å²) in [6.45, 7) is 0. The van der Waals surface area contributed by atoms with Gasteiger partial charge in [0.25, 0.3) is 0 Å². The van der Waals surface area contributed by atoms with E-state index in [4.69, 9.17) is 0 Å². The Hall–Kier alpha value is -2.28. The Morgan fingerprint density at radius 3 is 2.27 bits per heavy atom. The van der Waals surface area contributed by atoms with E-state index >= 15 is 0 Å². The molecule has 2 aromatic carbocycles. The Labute approximate surface area is 126 Å². The molecule has 2 aromatic rings. The van der Waals surface area contributed by atoms with Gasteiger partial charge in [0.1, 0.15) is 0 Å². The number of carbonyl (C=O) groups is 1. The van der Waals surface area contributed by atoms with Crippen molar-refractivity contribution in [2.75, 3.05) is 0 Å². The summed E-state index contributed by atoms with van der Waals surface area (Å²) in [6, 6.07) is 8.52. The van der Waals surface area contributed by atoms with Gasteiger partial charge in [0, 0.05) is 11.1 Å². The SMILES string of the molecule is O=C(c1ccc(C(F)(F)F)cc1)c1ccc2c(c1)S(=O)C=N2. The van der Waals surface area contributed by atoms with Crippen LogP contribution in [0.3, 0.4) is 0 Å². The molecule has 112 valence electrons. The Morgan fingerprint density at radius 1 is 1.00 bits per heavy atom. The Bertz CT molecular complexity index is 811. The number of rotatable bonds is 2. The van der Waals surface area contributed by atoms with Crippen LogP contribution in [0.4, 0.5) is 18.9 Å². The molecule has 1 aliphatic heterocycles. The highest BCUT2D eigenvalue weighted by molar-refractivity contribution is 7.99. The molecular formula is C15H8F3NO2S. The molecule has 22 heavy (non-hydrogen) atoms. The Balaban J connectivity index is 1.92. The highest BCUT2D eigenvalue weighted by atomic mass is 32.2. The van der Waals surface area contributed by atoms with Crippen molar-refractivity contribution in [2.24, 2.45) is 4.99 Å². The van der Waals surface area contributed by atoms with Gasteiger partial charge in [-0.3, -0.25) is 4.79 Å². The summed E-state index contributed by atoms with van der Waals surface area (Å²) in [5, 5.41) is 0. The minimum Gasteiger partial charge on any atom is -0.289 e. The van der Waals surface area contributed by atoms with Crippen LogP contribution in [0.2, 0.25) is 0 Å². The second-order valence-corrected chi connectivity index (χ2v) is 5.86. The first-order chi connectivity index (χ1) is 10.4. The van der Waals surface area contributed by atoms with Crippen LogP contribution in [-0.2, 0) is 17.0 Å². The summed E-state index contributed by atoms with van der Waals surface area (Å²) in [7, 11) is -1.39. The molecule has 1 aliphatic rings. The average molecular weight is 323 g/mol. The molecule has 0 aromatic heterocycles. The fraction of sp³-hybridized carbons (Fsp3) is 0.0667. The van der Waals surface area contributed by atoms with Crippen molar-refractivity contribution in [3.8, 4) is 0 Å². The van der Waals surface area contributed by atoms with E-state index in [0.717, 1.165) is 24.3 Å². The molecule has 0 fully saturated rings. The number of carbonyl (C=O) groups excluding carboxylic acids is 1. The van der Waals surface area contributed by atoms with Gasteiger partial charge in [-0.25, -0.2) is 9.20 Å². The van der Waals surface area contributed by atoms with Crippen molar-refractivity contribution >= 4 is 27.8 Å². The number of ketones is 1. The molecule has 3 rings (SSSR count). The number of aliphatic imine (C=N–C) groups is 1. The van der Waals surface area contributed by atoms with E-state index < -0.39 is 28.3 Å². The minimum atomic E-state index is -4.44. The molecule has 0 radical (unpaired) electrons. The molecule has 0 bridgehead atoms. The Kier molecular flexibility index (Phi) is 3.44. The van der Waals surface area contributed by atoms with Crippen molar-refractivity contribution in [3.63, 3.8) is 0 Å². The maximum Gasteiger partial charge on any atom is 0.416 e. The zero-order valence-corrected chi connectivity index (χ0v) is 11.7. The summed E-state index contributed by atoms with van der Waals surface area (Å²) in [5.74, 6) is -0.430. The fourth-order valence-corrected chi connectivity index (χ4v) is 2.95. The zero-order valence-electron chi connectivity index (χ0n) is 10.9. The number of hydrogen-bond donors (Lipinski definition) is 0. The first-order valence-corrected chi connectivity index (χ1v) is 7.38. The third-order valence-electron chi connectivity index (χ3n) is 3.20. The molecule has 0 aliphatic carbocycles. The van der Waals surface area contributed by atoms with Crippen molar-refractivity contribution in [1.29, 1.82) is 0 Å². The normalized spacial score (nSPS) is 16.6. The maximum absolute atomic E-state index is 12.5. The minimum absolute atomic E-state index is 0.137. The molecule has 1 heterocycles. The quantitative estimate of drug-likeness (QED) is 0.791. The smallest absolute Gasteiger partial charge is 0.289 e. The lowest BCUT2D eigenvalue weighted by Gasteiger charge is -2.07. The van der Waals surface area contributed by atoms with Gasteiger partial charge in [-0.05, 0) is 30.3 Å². The summed E-state index contributed by atoms with van der Waals surface area (Å²) >= 11 is 0. The predicted octanol–water partition coefficient (Wildman–Crippen LogP) is 3.72. The van der Waals surface area contributed by atoms with Gasteiger partial charge in [0.15, 0.2) is 5.78 Å². The summed E-state index contributed by atoms with van der Waals surface area (Å²) < 4.78 is 49.2. The fourth-order valence-electron chi connectivity index (χ4n) is 2.06. The first kappa shape index (κ1) is 14.6. The third kappa shape index (κ3) is 2.59. The van der Waals surface area contributed by atoms with Crippen molar-refractivity contribution in [2.45, 2.75) is 11.1 Å². The van der Waals surface area contributed by atoms with E-state index in [1.54, 1.807) is 6.07 Å². The number of benzene rings is 2. The van der Waals surface area contributed by atoms with Crippen LogP contribution >= 0.6 is 0 Å². The second-order valence-electron chi connectivity index (χ2n) is 4.62. The van der Waals surface area contributed by atoms with Crippen molar-refractivity contribution < 1.29 is 22.2 Å². The summed E-state index contributed by atoms with van der Waals surface area (Å²) in [4.78, 5) is 16.7. The number of nitrogens with zero attached hydrogens (tertiary/aromatic N) is 1. The molecule has 0 N–H and O–H groups in total. The average Bonchev–Trinajstić information content (AvgIpc) is 2.87. The summed E-state index contributed by atoms with van der Waals surface area (Å²) in [6.07, 6.45) is -4.44. The van der Waals surface area contributed by atoms with E-state index in [9.17, 15) is 22.2 Å². The molecule has 0 amide bonds. The number of hydrogen-bond acceptors (Lipinski definition) is 3. The van der Waals surface area contributed by atoms with Gasteiger partial charge in [-0.2, -0.15) is 13.2 Å². The molecule has 3 nitrogen and oxygen atoms in total. The van der Waals surface area contributed by atoms with Crippen LogP contribution in [0, 0.1) is 0 Å². The van der Waals surface area contributed by atoms with Crippen molar-refractivity contribution in [1.82, 2.24) is 0 Å². The predicted molar refractivity (Wildman–Crippen MR) is 75.9 cm³/mol. The maximum atomic E-state index is 12.5. The highest BCUT2D eigenvalue weighted by Gasteiger charge is 2.30. The zero-order chi connectivity index (χ0) is 15.9. The molecule has 7 heteroatoms. The lowest BCUT2D eigenvalue weighted by atomic mass is 10.0. The lowest BCUT2D eigenvalue weighted by Crippen LogP contribution is -2.06. The van der Waals surface area contributed by atoms with E-state index in [1.807, 2.05) is 0 Å². The van der Waals surface area contributed by atoms with E-state index in [1.165, 1.54) is 17.7 Å². The molecular weight excluding hydrogens is 315 g/mol. The Morgan fingerprint density at radius 2 is 1.64 bits per heavy atom. The first-order valence-electron chi connectivity index (χ1n) is 6.17. The lowest BCUT2D eigenvalue weighted by molar-refractivity contribution is -0.137. The molecule has 0 saturated carbocycles. The van der Waals surface area contributed by atoms with E-state index in [-0.39, 0.29) is 11.1 Å². The molecule has 1 atom stereocenters. The molecule has 1 unspecified atom stereocenters. The second kappa shape index (κ2) is 5.17. The topological polar surface area (TPSA) is 46.5 Å². The van der Waals surface area contributed by atoms with Crippen LogP contribution in [0.15, 0.2) is 52.4 Å². The number of halogens is 3. The number of alkyl halides is 3. The van der Waals surface area contributed by atoms with Crippen LogP contribution < -0.4 is 0 Å². The molecule has 0 spiro atoms. The third-order valence-corrected chi connectivity index (χ3v) is 4.26. The standard InChI is InChI=1S/C15H8F3NO2S/c16-15(17,18)11-4-1-9(2-5-11)14(20)10-3-6-12-13(7-10)22(21)8-19-12/h1-8H. The van der Waals surface area contributed by atoms with Gasteiger partial charge in [0.05, 0.1) is 32.5 Å². The van der Waals surface area contributed by atoms with Gasteiger partial charge in [-0.15, -0.1) is 0 Å². The van der Waals surface area contributed by atoms with Crippen LogP contribution in [0.5, 0.6) is 0 Å². The van der Waals surface area contributed by atoms with E-state index in [2.05, 4.69) is 4.99 Å². The van der Waals surface area contributed by atoms with Crippen LogP contribution in [0.25, 0.3) is 0 Å².